The molecule has 0 aliphatic carbocycles. The second-order valence-corrected chi connectivity index (χ2v) is 8.18. The van der Waals surface area contributed by atoms with Crippen molar-refractivity contribution in [1.29, 1.82) is 0 Å². The minimum atomic E-state index is -1.08. The highest BCUT2D eigenvalue weighted by Gasteiger charge is 2.18. The van der Waals surface area contributed by atoms with E-state index in [1.165, 1.54) is 12.6 Å². The fourth-order valence-corrected chi connectivity index (χ4v) is 3.88. The largest absolute Gasteiger partial charge is 0.480 e. The molecule has 0 aliphatic rings. The number of ether oxygens (including phenoxy) is 1. The van der Waals surface area contributed by atoms with E-state index in [0.717, 1.165) is 27.2 Å². The van der Waals surface area contributed by atoms with Crippen LogP contribution in [0.3, 0.4) is 0 Å². The molecule has 1 heterocycles. The number of aromatic nitrogens is 2. The van der Waals surface area contributed by atoms with E-state index in [4.69, 9.17) is 14.4 Å². The number of amides is 1. The Morgan fingerprint density at radius 1 is 1.00 bits per heavy atom. The Labute approximate surface area is 202 Å². The molecule has 0 saturated heterocycles. The summed E-state index contributed by atoms with van der Waals surface area (Å²) in [6.07, 6.45) is 0. The zero-order valence-electron chi connectivity index (χ0n) is 19.7. The van der Waals surface area contributed by atoms with Gasteiger partial charge in [-0.25, -0.2) is 0 Å². The van der Waals surface area contributed by atoms with Gasteiger partial charge in [0, 0.05) is 30.8 Å². The summed E-state index contributed by atoms with van der Waals surface area (Å²) >= 11 is 0. The number of methoxy groups -OCH3 is 1. The molecule has 4 rings (SSSR count). The monoisotopic (exact) mass is 471 g/mol. The zero-order chi connectivity index (χ0) is 24.9. The van der Waals surface area contributed by atoms with E-state index in [9.17, 15) is 9.59 Å². The molecule has 35 heavy (non-hydrogen) atoms. The lowest BCUT2D eigenvalue weighted by Gasteiger charge is -2.14. The van der Waals surface area contributed by atoms with Crippen molar-refractivity contribution in [1.82, 2.24) is 15.0 Å². The molecule has 0 aliphatic heterocycles. The van der Waals surface area contributed by atoms with Gasteiger partial charge in [0.05, 0.1) is 6.61 Å². The maximum atomic E-state index is 12.5. The molecule has 1 aromatic heterocycles. The van der Waals surface area contributed by atoms with Crippen LogP contribution in [0.2, 0.25) is 0 Å². The number of carbonyl (C=O) groups excluding carboxylic acids is 1. The van der Waals surface area contributed by atoms with Crippen molar-refractivity contribution in [3.05, 3.63) is 83.4 Å². The van der Waals surface area contributed by atoms with E-state index in [1.807, 2.05) is 30.3 Å². The SMILES string of the molecule is COCc1cc(-c2nc(-c3cccc(C(=O)N(C)CC(=O)O)c3)no2)ccc1-c1ccccc1C. The number of carboxylic acid groups (broad SMARTS) is 1. The molecule has 1 amide bonds. The van der Waals surface area contributed by atoms with Crippen LogP contribution in [-0.4, -0.2) is 52.7 Å². The third-order valence-electron chi connectivity index (χ3n) is 5.60. The summed E-state index contributed by atoms with van der Waals surface area (Å²) in [4.78, 5) is 29.1. The summed E-state index contributed by atoms with van der Waals surface area (Å²) in [5.74, 6) is -0.824. The first-order chi connectivity index (χ1) is 16.9. The maximum Gasteiger partial charge on any atom is 0.323 e. The van der Waals surface area contributed by atoms with E-state index in [0.29, 0.717) is 29.4 Å². The fourth-order valence-electron chi connectivity index (χ4n) is 3.88. The Bertz CT molecular complexity index is 1380. The first-order valence-corrected chi connectivity index (χ1v) is 11.0. The van der Waals surface area contributed by atoms with Crippen molar-refractivity contribution in [2.24, 2.45) is 0 Å². The van der Waals surface area contributed by atoms with Crippen molar-refractivity contribution in [2.45, 2.75) is 13.5 Å². The van der Waals surface area contributed by atoms with Crippen molar-refractivity contribution in [3.63, 3.8) is 0 Å². The van der Waals surface area contributed by atoms with Gasteiger partial charge < -0.3 is 19.3 Å². The Hall–Kier alpha value is -4.30. The minimum Gasteiger partial charge on any atom is -0.480 e. The smallest absolute Gasteiger partial charge is 0.323 e. The number of nitrogens with zero attached hydrogens (tertiary/aromatic N) is 3. The number of benzene rings is 3. The molecule has 1 N–H and O–H groups in total. The summed E-state index contributed by atoms with van der Waals surface area (Å²) in [5, 5.41) is 13.0. The standard InChI is InChI=1S/C27H25N3O5/c1-17-7-4-5-10-22(17)23-12-11-19(14-21(23)16-34-3)26-28-25(29-35-26)18-8-6-9-20(13-18)27(33)30(2)15-24(31)32/h4-14H,15-16H2,1-3H3,(H,31,32). The van der Waals surface area contributed by atoms with Gasteiger partial charge >= 0.3 is 5.97 Å². The number of rotatable bonds is 8. The zero-order valence-corrected chi connectivity index (χ0v) is 19.7. The first-order valence-electron chi connectivity index (χ1n) is 11.0. The van der Waals surface area contributed by atoms with Gasteiger partial charge in [-0.2, -0.15) is 4.98 Å². The Balaban J connectivity index is 1.64. The van der Waals surface area contributed by atoms with E-state index in [2.05, 4.69) is 29.2 Å². The summed E-state index contributed by atoms with van der Waals surface area (Å²) in [7, 11) is 3.09. The number of hydrogen-bond acceptors (Lipinski definition) is 6. The van der Waals surface area contributed by atoms with Gasteiger partial charge in [0.2, 0.25) is 5.82 Å². The number of likely N-dealkylation sites (N-methyl/N-ethyl adjacent to an activating group) is 1. The van der Waals surface area contributed by atoms with Crippen LogP contribution in [0.1, 0.15) is 21.5 Å². The molecule has 178 valence electrons. The summed E-state index contributed by atoms with van der Waals surface area (Å²) in [6.45, 7) is 2.10. The number of carboxylic acids is 1. The fraction of sp³-hybridized carbons (Fsp3) is 0.185. The summed E-state index contributed by atoms with van der Waals surface area (Å²) in [6, 6.07) is 20.8. The first kappa shape index (κ1) is 23.8. The second kappa shape index (κ2) is 10.3. The van der Waals surface area contributed by atoms with Gasteiger partial charge in [0.25, 0.3) is 11.8 Å². The van der Waals surface area contributed by atoms with Crippen molar-refractivity contribution in [2.75, 3.05) is 20.7 Å². The average Bonchev–Trinajstić information content (AvgIpc) is 3.34. The molecular weight excluding hydrogens is 446 g/mol. The van der Waals surface area contributed by atoms with Gasteiger partial charge in [-0.3, -0.25) is 9.59 Å². The minimum absolute atomic E-state index is 0.326. The summed E-state index contributed by atoms with van der Waals surface area (Å²) < 4.78 is 11.0. The molecule has 8 nitrogen and oxygen atoms in total. The number of hydrogen-bond donors (Lipinski definition) is 1. The van der Waals surface area contributed by atoms with Crippen LogP contribution in [-0.2, 0) is 16.1 Å². The van der Waals surface area contributed by atoms with Crippen molar-refractivity contribution in [3.8, 4) is 34.0 Å². The van der Waals surface area contributed by atoms with Crippen LogP contribution in [0.15, 0.2) is 71.3 Å². The molecule has 0 bridgehead atoms. The van der Waals surface area contributed by atoms with Crippen LogP contribution in [0.4, 0.5) is 0 Å². The Morgan fingerprint density at radius 2 is 1.80 bits per heavy atom. The maximum absolute atomic E-state index is 12.5. The van der Waals surface area contributed by atoms with Crippen molar-refractivity contribution >= 4 is 11.9 Å². The van der Waals surface area contributed by atoms with Crippen LogP contribution < -0.4 is 0 Å². The lowest BCUT2D eigenvalue weighted by Crippen LogP contribution is -2.31. The molecule has 0 unspecified atom stereocenters. The molecule has 4 aromatic rings. The topological polar surface area (TPSA) is 106 Å². The number of carbonyl (C=O) groups is 2. The molecule has 8 heteroatoms. The Morgan fingerprint density at radius 3 is 2.54 bits per heavy atom. The van der Waals surface area contributed by atoms with Gasteiger partial charge in [-0.1, -0.05) is 47.6 Å². The number of aliphatic carboxylic acids is 1. The quantitative estimate of drug-likeness (QED) is 0.398. The van der Waals surface area contributed by atoms with Gasteiger partial charge in [0.1, 0.15) is 6.54 Å². The van der Waals surface area contributed by atoms with Gasteiger partial charge in [-0.05, 0) is 53.4 Å². The molecule has 3 aromatic carbocycles. The van der Waals surface area contributed by atoms with E-state index in [-0.39, 0.29) is 0 Å². The van der Waals surface area contributed by atoms with Crippen LogP contribution in [0.25, 0.3) is 34.0 Å². The lowest BCUT2D eigenvalue weighted by atomic mass is 9.94. The summed E-state index contributed by atoms with van der Waals surface area (Å²) in [5.41, 5.74) is 6.04. The molecule has 0 atom stereocenters. The molecule has 0 fully saturated rings. The molecular formula is C27H25N3O5. The van der Waals surface area contributed by atoms with Crippen LogP contribution in [0, 0.1) is 6.92 Å². The molecule has 0 saturated carbocycles. The number of aryl methyl sites for hydroxylation is 1. The molecule has 0 spiro atoms. The third kappa shape index (κ3) is 5.28. The van der Waals surface area contributed by atoms with E-state index >= 15 is 0 Å². The lowest BCUT2D eigenvalue weighted by molar-refractivity contribution is -0.137. The van der Waals surface area contributed by atoms with Gasteiger partial charge in [-0.15, -0.1) is 0 Å². The van der Waals surface area contributed by atoms with E-state index < -0.39 is 18.4 Å². The third-order valence-corrected chi connectivity index (χ3v) is 5.60. The van der Waals surface area contributed by atoms with Crippen LogP contribution >= 0.6 is 0 Å². The normalized spacial score (nSPS) is 10.8. The van der Waals surface area contributed by atoms with Gasteiger partial charge in [0.15, 0.2) is 0 Å². The second-order valence-electron chi connectivity index (χ2n) is 8.18. The Kier molecular flexibility index (Phi) is 7.03. The highest BCUT2D eigenvalue weighted by Crippen LogP contribution is 2.31. The van der Waals surface area contributed by atoms with Crippen LogP contribution in [0.5, 0.6) is 0 Å². The van der Waals surface area contributed by atoms with E-state index in [1.54, 1.807) is 31.4 Å². The van der Waals surface area contributed by atoms with Crippen molar-refractivity contribution < 1.29 is 24.0 Å². The molecule has 0 radical (unpaired) electrons. The highest BCUT2D eigenvalue weighted by atomic mass is 16.5. The highest BCUT2D eigenvalue weighted by molar-refractivity contribution is 5.96. The predicted octanol–water partition coefficient (Wildman–Crippen LogP) is 4.68. The predicted molar refractivity (Wildman–Crippen MR) is 131 cm³/mol. The average molecular weight is 472 g/mol.